The fourth-order valence-electron chi connectivity index (χ4n) is 2.27. The van der Waals surface area contributed by atoms with Gasteiger partial charge in [-0.15, -0.1) is 0 Å². The van der Waals surface area contributed by atoms with Crippen LogP contribution in [0.5, 0.6) is 11.5 Å². The van der Waals surface area contributed by atoms with E-state index in [9.17, 15) is 0 Å². The average molecular weight is 300 g/mol. The van der Waals surface area contributed by atoms with Gasteiger partial charge in [-0.1, -0.05) is 24.3 Å². The van der Waals surface area contributed by atoms with Crippen molar-refractivity contribution in [1.82, 2.24) is 0 Å². The summed E-state index contributed by atoms with van der Waals surface area (Å²) in [5, 5.41) is 8.81. The van der Waals surface area contributed by atoms with E-state index in [1.54, 1.807) is 12.1 Å². The topological polar surface area (TPSA) is 38.7 Å². The second kappa shape index (κ2) is 8.44. The molecule has 0 amide bonds. The second-order valence-electron chi connectivity index (χ2n) is 5.57. The molecule has 0 spiro atoms. The molecule has 2 aromatic carbocycles. The zero-order valence-corrected chi connectivity index (χ0v) is 13.3. The quantitative estimate of drug-likeness (QED) is 0.881. The molecule has 1 atom stereocenters. The summed E-state index contributed by atoms with van der Waals surface area (Å²) in [6.07, 6.45) is 3.34. The predicted octanol–water partition coefficient (Wildman–Crippen LogP) is 4.60. The Morgan fingerprint density at radius 1 is 1.00 bits per heavy atom. The Morgan fingerprint density at radius 2 is 1.73 bits per heavy atom. The molecule has 1 aliphatic heterocycles. The first-order valence-electron chi connectivity index (χ1n) is 7.74. The van der Waals surface area contributed by atoms with Crippen LogP contribution in [0.15, 0.2) is 48.5 Å². The van der Waals surface area contributed by atoms with Crippen LogP contribution in [0, 0.1) is 13.8 Å². The smallest absolute Gasteiger partial charge is 0.199 e. The molecule has 0 saturated carbocycles. The van der Waals surface area contributed by atoms with Gasteiger partial charge < -0.3 is 14.6 Å². The number of phenolic OH excluding ortho intramolecular Hbond substituents is 1. The molecule has 22 heavy (non-hydrogen) atoms. The van der Waals surface area contributed by atoms with Gasteiger partial charge >= 0.3 is 0 Å². The number of rotatable bonds is 2. The van der Waals surface area contributed by atoms with Crippen molar-refractivity contribution in [3.8, 4) is 11.5 Å². The summed E-state index contributed by atoms with van der Waals surface area (Å²) in [4.78, 5) is 0. The van der Waals surface area contributed by atoms with E-state index in [4.69, 9.17) is 14.6 Å². The van der Waals surface area contributed by atoms with Crippen LogP contribution < -0.4 is 4.74 Å². The number of aromatic hydroxyl groups is 1. The third kappa shape index (κ3) is 5.78. The predicted molar refractivity (Wildman–Crippen MR) is 88.2 cm³/mol. The van der Waals surface area contributed by atoms with Gasteiger partial charge in [0.05, 0.1) is 6.61 Å². The summed E-state index contributed by atoms with van der Waals surface area (Å²) in [6.45, 7) is 4.84. The number of phenols is 1. The molecule has 1 fully saturated rings. The number of hydrogen-bond donors (Lipinski definition) is 1. The highest BCUT2D eigenvalue weighted by atomic mass is 16.7. The summed E-state index contributed by atoms with van der Waals surface area (Å²) in [5.74, 6) is 1.25. The van der Waals surface area contributed by atoms with Gasteiger partial charge in [0.1, 0.15) is 11.5 Å². The molecule has 0 aromatic heterocycles. The molecule has 3 rings (SSSR count). The molecule has 118 valence electrons. The van der Waals surface area contributed by atoms with E-state index in [0.29, 0.717) is 5.75 Å². The first-order valence-corrected chi connectivity index (χ1v) is 7.74. The standard InChI is InChI=1S/C12H16O2.C7H8O/c1-10-5-4-6-11(9-10)14-12-7-2-3-8-13-12;1-6-3-2-4-7(8)5-6/h4-6,9,12H,2-3,7-8H2,1H3;2-5,8H,1H3. The maximum absolute atomic E-state index is 8.81. The van der Waals surface area contributed by atoms with Crippen LogP contribution in [-0.2, 0) is 4.74 Å². The van der Waals surface area contributed by atoms with Crippen molar-refractivity contribution < 1.29 is 14.6 Å². The van der Waals surface area contributed by atoms with Crippen molar-refractivity contribution in [2.45, 2.75) is 39.4 Å². The third-order valence-electron chi connectivity index (χ3n) is 3.40. The number of ether oxygens (including phenoxy) is 2. The number of aryl methyl sites for hydroxylation is 2. The van der Waals surface area contributed by atoms with Crippen LogP contribution in [-0.4, -0.2) is 18.0 Å². The van der Waals surface area contributed by atoms with E-state index < -0.39 is 0 Å². The van der Waals surface area contributed by atoms with Crippen LogP contribution >= 0.6 is 0 Å². The van der Waals surface area contributed by atoms with Crippen LogP contribution in [0.4, 0.5) is 0 Å². The highest BCUT2D eigenvalue weighted by Crippen LogP contribution is 2.19. The molecule has 1 aliphatic rings. The van der Waals surface area contributed by atoms with Crippen molar-refractivity contribution in [3.63, 3.8) is 0 Å². The minimum absolute atomic E-state index is 0.0365. The Balaban J connectivity index is 0.000000188. The number of hydrogen-bond acceptors (Lipinski definition) is 3. The molecule has 0 bridgehead atoms. The molecule has 3 heteroatoms. The maximum atomic E-state index is 8.81. The van der Waals surface area contributed by atoms with E-state index in [1.165, 1.54) is 12.0 Å². The van der Waals surface area contributed by atoms with Gasteiger partial charge in [0.15, 0.2) is 6.29 Å². The fourth-order valence-corrected chi connectivity index (χ4v) is 2.27. The van der Waals surface area contributed by atoms with Crippen LogP contribution in [0.3, 0.4) is 0 Å². The van der Waals surface area contributed by atoms with Crippen molar-refractivity contribution in [1.29, 1.82) is 0 Å². The van der Waals surface area contributed by atoms with Crippen LogP contribution in [0.2, 0.25) is 0 Å². The van der Waals surface area contributed by atoms with Gasteiger partial charge in [0.25, 0.3) is 0 Å². The van der Waals surface area contributed by atoms with Gasteiger partial charge in [0, 0.05) is 6.42 Å². The second-order valence-corrected chi connectivity index (χ2v) is 5.57. The van der Waals surface area contributed by atoms with Gasteiger partial charge in [-0.25, -0.2) is 0 Å². The van der Waals surface area contributed by atoms with Gasteiger partial charge in [-0.2, -0.15) is 0 Å². The average Bonchev–Trinajstić information content (AvgIpc) is 2.49. The molecule has 3 nitrogen and oxygen atoms in total. The summed E-state index contributed by atoms with van der Waals surface area (Å²) < 4.78 is 11.2. The lowest BCUT2D eigenvalue weighted by Gasteiger charge is -2.23. The first-order chi connectivity index (χ1) is 10.6. The molecule has 0 aliphatic carbocycles. The van der Waals surface area contributed by atoms with Crippen molar-refractivity contribution in [2.75, 3.05) is 6.61 Å². The Hall–Kier alpha value is -2.00. The van der Waals surface area contributed by atoms with E-state index in [1.807, 2.05) is 37.3 Å². The first kappa shape index (κ1) is 16.4. The van der Waals surface area contributed by atoms with Crippen molar-refractivity contribution in [2.24, 2.45) is 0 Å². The van der Waals surface area contributed by atoms with E-state index in [2.05, 4.69) is 13.0 Å². The molecule has 2 aromatic rings. The van der Waals surface area contributed by atoms with Gasteiger partial charge in [-0.3, -0.25) is 0 Å². The zero-order chi connectivity index (χ0) is 15.8. The lowest BCUT2D eigenvalue weighted by atomic mass is 10.2. The normalized spacial score (nSPS) is 17.3. The van der Waals surface area contributed by atoms with Crippen LogP contribution in [0.25, 0.3) is 0 Å². The highest BCUT2D eigenvalue weighted by Gasteiger charge is 2.14. The summed E-state index contributed by atoms with van der Waals surface area (Å²) in [5.41, 5.74) is 2.31. The zero-order valence-electron chi connectivity index (χ0n) is 13.3. The molecule has 1 N–H and O–H groups in total. The van der Waals surface area contributed by atoms with Gasteiger partial charge in [0.2, 0.25) is 0 Å². The minimum atomic E-state index is -0.0365. The molecular formula is C19H24O3. The molecule has 1 heterocycles. The SMILES string of the molecule is Cc1cccc(O)c1.Cc1cccc(OC2CCCCO2)c1. The molecule has 1 unspecified atom stereocenters. The van der Waals surface area contributed by atoms with E-state index in [-0.39, 0.29) is 6.29 Å². The maximum Gasteiger partial charge on any atom is 0.199 e. The minimum Gasteiger partial charge on any atom is -0.508 e. The highest BCUT2D eigenvalue weighted by molar-refractivity contribution is 5.27. The van der Waals surface area contributed by atoms with Crippen molar-refractivity contribution in [3.05, 3.63) is 59.7 Å². The largest absolute Gasteiger partial charge is 0.508 e. The molecular weight excluding hydrogens is 276 g/mol. The third-order valence-corrected chi connectivity index (χ3v) is 3.40. The summed E-state index contributed by atoms with van der Waals surface area (Å²) >= 11 is 0. The van der Waals surface area contributed by atoms with Gasteiger partial charge in [-0.05, 0) is 62.1 Å². The lowest BCUT2D eigenvalue weighted by molar-refractivity contribution is -0.105. The summed E-state index contributed by atoms with van der Waals surface area (Å²) in [6, 6.07) is 15.2. The number of benzene rings is 2. The van der Waals surface area contributed by atoms with Crippen LogP contribution in [0.1, 0.15) is 30.4 Å². The molecule has 1 saturated heterocycles. The molecule has 0 radical (unpaired) electrons. The Bertz CT molecular complexity index is 557. The van der Waals surface area contributed by atoms with Crippen molar-refractivity contribution >= 4 is 0 Å². The Kier molecular flexibility index (Phi) is 6.28. The summed E-state index contributed by atoms with van der Waals surface area (Å²) in [7, 11) is 0. The Labute approximate surface area is 132 Å². The van der Waals surface area contributed by atoms with E-state index >= 15 is 0 Å². The lowest BCUT2D eigenvalue weighted by Crippen LogP contribution is -2.24. The van der Waals surface area contributed by atoms with E-state index in [0.717, 1.165) is 30.8 Å². The fraction of sp³-hybridized carbons (Fsp3) is 0.368. The Morgan fingerprint density at radius 3 is 2.27 bits per heavy atom. The monoisotopic (exact) mass is 300 g/mol.